The Balaban J connectivity index is 1.95. The fourth-order valence-electron chi connectivity index (χ4n) is 3.30. The van der Waals surface area contributed by atoms with Gasteiger partial charge >= 0.3 is 0 Å². The molecule has 2 heteroatoms. The molecule has 1 saturated carbocycles. The van der Waals surface area contributed by atoms with Crippen molar-refractivity contribution in [3.05, 3.63) is 40.9 Å². The van der Waals surface area contributed by atoms with Gasteiger partial charge in [0, 0.05) is 21.6 Å². The van der Waals surface area contributed by atoms with Gasteiger partial charge in [0.1, 0.15) is 0 Å². The lowest BCUT2D eigenvalue weighted by Gasteiger charge is -2.22. The van der Waals surface area contributed by atoms with Gasteiger partial charge in [-0.15, -0.1) is 0 Å². The van der Waals surface area contributed by atoms with Crippen molar-refractivity contribution in [2.75, 3.05) is 5.32 Å². The van der Waals surface area contributed by atoms with Gasteiger partial charge in [0.2, 0.25) is 0 Å². The van der Waals surface area contributed by atoms with Gasteiger partial charge in [-0.25, -0.2) is 0 Å². The van der Waals surface area contributed by atoms with E-state index in [9.17, 15) is 0 Å². The van der Waals surface area contributed by atoms with Gasteiger partial charge in [-0.1, -0.05) is 60.0 Å². The second kappa shape index (κ2) is 5.54. The third-order valence-corrected chi connectivity index (χ3v) is 5.09. The molecule has 0 bridgehead atoms. The molecular weight excluding hydrogens is 298 g/mol. The van der Waals surface area contributed by atoms with Gasteiger partial charge in [-0.3, -0.25) is 0 Å². The van der Waals surface area contributed by atoms with Gasteiger partial charge in [0.05, 0.1) is 0 Å². The monoisotopic (exact) mass is 317 g/mol. The molecule has 2 atom stereocenters. The molecular formula is C17H20BrN. The van der Waals surface area contributed by atoms with E-state index in [4.69, 9.17) is 0 Å². The van der Waals surface area contributed by atoms with Crippen LogP contribution >= 0.6 is 15.9 Å². The molecule has 19 heavy (non-hydrogen) atoms. The maximum atomic E-state index is 3.79. The van der Waals surface area contributed by atoms with Crippen molar-refractivity contribution in [1.82, 2.24) is 0 Å². The molecule has 1 aliphatic rings. The third kappa shape index (κ3) is 2.51. The SMILES string of the molecule is CCC1CCCC1Nc1ccc(Br)c2ccccc12. The number of fused-ring (bicyclic) bond motifs is 1. The van der Waals surface area contributed by atoms with Crippen LogP contribution in [-0.4, -0.2) is 6.04 Å². The highest BCUT2D eigenvalue weighted by Gasteiger charge is 2.25. The summed E-state index contributed by atoms with van der Waals surface area (Å²) in [6, 6.07) is 13.6. The number of benzene rings is 2. The Morgan fingerprint density at radius 3 is 2.68 bits per heavy atom. The molecule has 1 nitrogen and oxygen atoms in total. The van der Waals surface area contributed by atoms with E-state index in [2.05, 4.69) is 64.6 Å². The van der Waals surface area contributed by atoms with E-state index >= 15 is 0 Å². The molecule has 0 amide bonds. The molecule has 3 rings (SSSR count). The van der Waals surface area contributed by atoms with E-state index < -0.39 is 0 Å². The molecule has 0 saturated heterocycles. The normalized spacial score (nSPS) is 22.8. The van der Waals surface area contributed by atoms with Crippen LogP contribution in [0.25, 0.3) is 10.8 Å². The summed E-state index contributed by atoms with van der Waals surface area (Å²) in [6.07, 6.45) is 5.34. The van der Waals surface area contributed by atoms with Crippen molar-refractivity contribution < 1.29 is 0 Å². The molecule has 0 spiro atoms. The maximum Gasteiger partial charge on any atom is 0.0422 e. The molecule has 1 N–H and O–H groups in total. The highest BCUT2D eigenvalue weighted by atomic mass is 79.9. The second-order valence-corrected chi connectivity index (χ2v) is 6.34. The summed E-state index contributed by atoms with van der Waals surface area (Å²) in [5.41, 5.74) is 1.28. The van der Waals surface area contributed by atoms with E-state index in [0.717, 1.165) is 5.92 Å². The Labute approximate surface area is 123 Å². The van der Waals surface area contributed by atoms with Crippen molar-refractivity contribution in [2.45, 2.75) is 38.6 Å². The van der Waals surface area contributed by atoms with Crippen LogP contribution in [0.1, 0.15) is 32.6 Å². The first kappa shape index (κ1) is 13.0. The smallest absolute Gasteiger partial charge is 0.0422 e. The first-order valence-electron chi connectivity index (χ1n) is 7.23. The van der Waals surface area contributed by atoms with Crippen molar-refractivity contribution >= 4 is 32.4 Å². The summed E-state index contributed by atoms with van der Waals surface area (Å²) in [5.74, 6) is 0.836. The quantitative estimate of drug-likeness (QED) is 0.777. The predicted octanol–water partition coefficient (Wildman–Crippen LogP) is 5.59. The molecule has 1 fully saturated rings. The molecule has 0 aromatic heterocycles. The zero-order valence-electron chi connectivity index (χ0n) is 11.3. The average Bonchev–Trinajstić information content (AvgIpc) is 2.89. The maximum absolute atomic E-state index is 3.79. The van der Waals surface area contributed by atoms with E-state index in [-0.39, 0.29) is 0 Å². The number of rotatable bonds is 3. The predicted molar refractivity (Wildman–Crippen MR) is 86.7 cm³/mol. The topological polar surface area (TPSA) is 12.0 Å². The average molecular weight is 318 g/mol. The van der Waals surface area contributed by atoms with Crippen LogP contribution < -0.4 is 5.32 Å². The molecule has 100 valence electrons. The first-order chi connectivity index (χ1) is 9.29. The van der Waals surface area contributed by atoms with Crippen LogP contribution in [0.3, 0.4) is 0 Å². The van der Waals surface area contributed by atoms with Gasteiger partial charge in [-0.05, 0) is 36.3 Å². The van der Waals surface area contributed by atoms with Gasteiger partial charge in [0.25, 0.3) is 0 Å². The van der Waals surface area contributed by atoms with Crippen molar-refractivity contribution in [3.8, 4) is 0 Å². The molecule has 0 radical (unpaired) electrons. The van der Waals surface area contributed by atoms with Crippen LogP contribution in [-0.2, 0) is 0 Å². The zero-order valence-corrected chi connectivity index (χ0v) is 12.9. The number of nitrogens with one attached hydrogen (secondary N) is 1. The fourth-order valence-corrected chi connectivity index (χ4v) is 3.78. The van der Waals surface area contributed by atoms with Crippen molar-refractivity contribution in [3.63, 3.8) is 0 Å². The molecule has 2 unspecified atom stereocenters. The van der Waals surface area contributed by atoms with E-state index in [1.165, 1.54) is 46.6 Å². The molecule has 0 aliphatic heterocycles. The Hall–Kier alpha value is -1.02. The van der Waals surface area contributed by atoms with Crippen LogP contribution in [0.15, 0.2) is 40.9 Å². The van der Waals surface area contributed by atoms with Crippen molar-refractivity contribution in [2.24, 2.45) is 5.92 Å². The highest BCUT2D eigenvalue weighted by molar-refractivity contribution is 9.10. The Morgan fingerprint density at radius 1 is 1.11 bits per heavy atom. The molecule has 0 heterocycles. The lowest BCUT2D eigenvalue weighted by atomic mass is 9.99. The van der Waals surface area contributed by atoms with Gasteiger partial charge < -0.3 is 5.32 Å². The fraction of sp³-hybridized carbons (Fsp3) is 0.412. The van der Waals surface area contributed by atoms with Crippen LogP contribution in [0.4, 0.5) is 5.69 Å². The largest absolute Gasteiger partial charge is 0.382 e. The van der Waals surface area contributed by atoms with E-state index in [1.807, 2.05) is 0 Å². The van der Waals surface area contributed by atoms with Crippen LogP contribution in [0.2, 0.25) is 0 Å². The summed E-state index contributed by atoms with van der Waals surface area (Å²) < 4.78 is 1.17. The summed E-state index contributed by atoms with van der Waals surface area (Å²) in [5, 5.41) is 6.40. The summed E-state index contributed by atoms with van der Waals surface area (Å²) >= 11 is 3.64. The molecule has 1 aliphatic carbocycles. The minimum absolute atomic E-state index is 0.648. The second-order valence-electron chi connectivity index (χ2n) is 5.49. The number of hydrogen-bond donors (Lipinski definition) is 1. The molecule has 2 aromatic rings. The summed E-state index contributed by atoms with van der Waals surface area (Å²) in [6.45, 7) is 2.31. The Bertz CT molecular complexity index is 578. The van der Waals surface area contributed by atoms with Crippen molar-refractivity contribution in [1.29, 1.82) is 0 Å². The third-order valence-electron chi connectivity index (χ3n) is 4.40. The van der Waals surface area contributed by atoms with Crippen LogP contribution in [0.5, 0.6) is 0 Å². The van der Waals surface area contributed by atoms with E-state index in [0.29, 0.717) is 6.04 Å². The highest BCUT2D eigenvalue weighted by Crippen LogP contribution is 2.35. The zero-order chi connectivity index (χ0) is 13.2. The minimum Gasteiger partial charge on any atom is -0.382 e. The first-order valence-corrected chi connectivity index (χ1v) is 8.02. The van der Waals surface area contributed by atoms with Gasteiger partial charge in [0.15, 0.2) is 0 Å². The summed E-state index contributed by atoms with van der Waals surface area (Å²) in [7, 11) is 0. The lowest BCUT2D eigenvalue weighted by Crippen LogP contribution is -2.23. The lowest BCUT2D eigenvalue weighted by molar-refractivity contribution is 0.489. The molecule has 2 aromatic carbocycles. The minimum atomic E-state index is 0.648. The van der Waals surface area contributed by atoms with Gasteiger partial charge in [-0.2, -0.15) is 0 Å². The number of hydrogen-bond acceptors (Lipinski definition) is 1. The summed E-state index contributed by atoms with van der Waals surface area (Å²) in [4.78, 5) is 0. The Morgan fingerprint density at radius 2 is 1.89 bits per heavy atom. The number of halogens is 1. The Kier molecular flexibility index (Phi) is 3.79. The van der Waals surface area contributed by atoms with Crippen LogP contribution in [0, 0.1) is 5.92 Å². The van der Waals surface area contributed by atoms with E-state index in [1.54, 1.807) is 0 Å². The standard InChI is InChI=1S/C17H20BrN/c1-2-12-6-5-9-16(12)19-17-11-10-15(18)13-7-3-4-8-14(13)17/h3-4,7-8,10-12,16,19H,2,5-6,9H2,1H3. The number of anilines is 1.